The Morgan fingerprint density at radius 1 is 0.931 bits per heavy atom. The number of carbonyl (C=O) groups excluding carboxylic acids is 3. The molecular weight excluding hydrogens is 372 g/mol. The second-order valence-electron chi connectivity index (χ2n) is 6.00. The Balaban J connectivity index is 1.56. The van der Waals surface area contributed by atoms with Crippen LogP contribution in [0.1, 0.15) is 5.56 Å². The summed E-state index contributed by atoms with van der Waals surface area (Å²) >= 11 is 0. The lowest BCUT2D eigenvalue weighted by atomic mass is 10.1. The van der Waals surface area contributed by atoms with Crippen LogP contribution in [0.2, 0.25) is 0 Å². The molecule has 0 aliphatic heterocycles. The average Bonchev–Trinajstić information content (AvgIpc) is 2.73. The van der Waals surface area contributed by atoms with E-state index < -0.39 is 17.7 Å². The number of fused-ring (bicyclic) bond motifs is 1. The highest BCUT2D eigenvalue weighted by molar-refractivity contribution is 6.40. The number of carbonyl (C=O) groups is 3. The minimum Gasteiger partial charge on any atom is -0.484 e. The summed E-state index contributed by atoms with van der Waals surface area (Å²) in [6, 6.07) is 19.5. The summed E-state index contributed by atoms with van der Waals surface area (Å²) in [6.07, 6.45) is 1.38. The van der Waals surface area contributed by atoms with Crippen LogP contribution in [0.5, 0.6) is 5.75 Å². The zero-order valence-corrected chi connectivity index (χ0v) is 15.3. The third kappa shape index (κ3) is 5.39. The van der Waals surface area contributed by atoms with Crippen molar-refractivity contribution in [2.24, 2.45) is 10.8 Å². The standard InChI is InChI=1S/C21H18N4O4/c22-19(26)13-29-16-10-8-14(9-11-16)12-23-25-21(28)20(27)24-18-7-3-5-15-4-1-2-6-17(15)18/h1-12H,13H2,(H2,22,26)(H,24,27)(H,25,28)/b23-12-. The lowest BCUT2D eigenvalue weighted by Crippen LogP contribution is -2.32. The van der Waals surface area contributed by atoms with Gasteiger partial charge in [0.15, 0.2) is 6.61 Å². The Morgan fingerprint density at radius 2 is 1.66 bits per heavy atom. The van der Waals surface area contributed by atoms with Crippen molar-refractivity contribution in [1.29, 1.82) is 0 Å². The first kappa shape index (κ1) is 19.6. The van der Waals surface area contributed by atoms with Crippen LogP contribution in [0.3, 0.4) is 0 Å². The highest BCUT2D eigenvalue weighted by atomic mass is 16.5. The molecule has 3 aromatic rings. The fourth-order valence-electron chi connectivity index (χ4n) is 2.53. The molecule has 0 bridgehead atoms. The number of hydrogen-bond donors (Lipinski definition) is 3. The summed E-state index contributed by atoms with van der Waals surface area (Å²) in [5.74, 6) is -1.82. The molecule has 29 heavy (non-hydrogen) atoms. The summed E-state index contributed by atoms with van der Waals surface area (Å²) in [6.45, 7) is -0.213. The number of anilines is 1. The van der Waals surface area contributed by atoms with Gasteiger partial charge in [-0.05, 0) is 41.3 Å². The second kappa shape index (κ2) is 9.14. The van der Waals surface area contributed by atoms with E-state index in [9.17, 15) is 14.4 Å². The van der Waals surface area contributed by atoms with Crippen LogP contribution in [-0.4, -0.2) is 30.5 Å². The molecule has 8 heteroatoms. The third-order valence-electron chi connectivity index (χ3n) is 3.88. The molecule has 3 rings (SSSR count). The molecule has 0 atom stereocenters. The van der Waals surface area contributed by atoms with Crippen molar-refractivity contribution < 1.29 is 19.1 Å². The van der Waals surface area contributed by atoms with Gasteiger partial charge in [0.1, 0.15) is 5.75 Å². The molecule has 4 N–H and O–H groups in total. The predicted molar refractivity (Wildman–Crippen MR) is 109 cm³/mol. The van der Waals surface area contributed by atoms with Crippen molar-refractivity contribution in [2.75, 3.05) is 11.9 Å². The van der Waals surface area contributed by atoms with Gasteiger partial charge in [-0.2, -0.15) is 5.10 Å². The first-order chi connectivity index (χ1) is 14.0. The van der Waals surface area contributed by atoms with Gasteiger partial charge < -0.3 is 15.8 Å². The van der Waals surface area contributed by atoms with Gasteiger partial charge >= 0.3 is 11.8 Å². The maximum atomic E-state index is 12.1. The molecule has 3 aromatic carbocycles. The van der Waals surface area contributed by atoms with Gasteiger partial charge in [0.05, 0.1) is 6.21 Å². The van der Waals surface area contributed by atoms with Gasteiger partial charge in [0.25, 0.3) is 5.91 Å². The van der Waals surface area contributed by atoms with Crippen LogP contribution in [-0.2, 0) is 14.4 Å². The van der Waals surface area contributed by atoms with Gasteiger partial charge in [-0.3, -0.25) is 14.4 Å². The third-order valence-corrected chi connectivity index (χ3v) is 3.88. The summed E-state index contributed by atoms with van der Waals surface area (Å²) in [5, 5.41) is 8.14. The summed E-state index contributed by atoms with van der Waals surface area (Å²) in [5.41, 5.74) is 8.39. The molecule has 3 amide bonds. The Kier molecular flexibility index (Phi) is 6.16. The molecule has 0 aromatic heterocycles. The molecule has 0 unspecified atom stereocenters. The van der Waals surface area contributed by atoms with E-state index in [1.165, 1.54) is 6.21 Å². The lowest BCUT2D eigenvalue weighted by Gasteiger charge is -2.07. The Labute approximate surface area is 166 Å². The minimum absolute atomic E-state index is 0.213. The molecule has 0 saturated carbocycles. The number of nitrogens with one attached hydrogen (secondary N) is 2. The average molecular weight is 390 g/mol. The van der Waals surface area contributed by atoms with Crippen molar-refractivity contribution in [1.82, 2.24) is 5.43 Å². The van der Waals surface area contributed by atoms with E-state index in [1.54, 1.807) is 36.4 Å². The molecular formula is C21H18N4O4. The first-order valence-electron chi connectivity index (χ1n) is 8.66. The normalized spacial score (nSPS) is 10.6. The first-order valence-corrected chi connectivity index (χ1v) is 8.66. The molecule has 0 saturated heterocycles. The van der Waals surface area contributed by atoms with E-state index in [4.69, 9.17) is 10.5 Å². The van der Waals surface area contributed by atoms with Gasteiger partial charge in [-0.15, -0.1) is 0 Å². The molecule has 8 nitrogen and oxygen atoms in total. The monoisotopic (exact) mass is 390 g/mol. The van der Waals surface area contributed by atoms with Crippen molar-refractivity contribution in [3.63, 3.8) is 0 Å². The second-order valence-corrected chi connectivity index (χ2v) is 6.00. The SMILES string of the molecule is NC(=O)COc1ccc(/C=N\NC(=O)C(=O)Nc2cccc3ccccc23)cc1. The van der Waals surface area contributed by atoms with Crippen LogP contribution in [0.25, 0.3) is 10.8 Å². The van der Waals surface area contributed by atoms with Crippen molar-refractivity contribution in [3.8, 4) is 5.75 Å². The van der Waals surface area contributed by atoms with Crippen LogP contribution >= 0.6 is 0 Å². The zero-order valence-electron chi connectivity index (χ0n) is 15.3. The summed E-state index contributed by atoms with van der Waals surface area (Å²) in [4.78, 5) is 34.8. The molecule has 146 valence electrons. The van der Waals surface area contributed by atoms with Gasteiger partial charge in [0, 0.05) is 11.1 Å². The topological polar surface area (TPSA) is 123 Å². The van der Waals surface area contributed by atoms with Crippen molar-refractivity contribution in [2.45, 2.75) is 0 Å². The Morgan fingerprint density at radius 3 is 2.41 bits per heavy atom. The van der Waals surface area contributed by atoms with Gasteiger partial charge in [-0.25, -0.2) is 5.43 Å². The summed E-state index contributed by atoms with van der Waals surface area (Å²) < 4.78 is 5.14. The summed E-state index contributed by atoms with van der Waals surface area (Å²) in [7, 11) is 0. The number of hydrazone groups is 1. The fourth-order valence-corrected chi connectivity index (χ4v) is 2.53. The maximum absolute atomic E-state index is 12.1. The smallest absolute Gasteiger partial charge is 0.329 e. The van der Waals surface area contributed by atoms with E-state index in [2.05, 4.69) is 15.8 Å². The molecule has 0 aliphatic carbocycles. The van der Waals surface area contributed by atoms with Gasteiger partial charge in [0.2, 0.25) is 0 Å². The number of amides is 3. The van der Waals surface area contributed by atoms with E-state index in [-0.39, 0.29) is 6.61 Å². The van der Waals surface area contributed by atoms with E-state index >= 15 is 0 Å². The minimum atomic E-state index is -0.893. The van der Waals surface area contributed by atoms with Crippen LogP contribution in [0.4, 0.5) is 5.69 Å². The maximum Gasteiger partial charge on any atom is 0.329 e. The highest BCUT2D eigenvalue weighted by Gasteiger charge is 2.14. The molecule has 0 spiro atoms. The quantitative estimate of drug-likeness (QED) is 0.337. The predicted octanol–water partition coefficient (Wildman–Crippen LogP) is 1.79. The number of hydrogen-bond acceptors (Lipinski definition) is 5. The molecule has 0 aliphatic rings. The number of nitrogens with zero attached hydrogens (tertiary/aromatic N) is 1. The fraction of sp³-hybridized carbons (Fsp3) is 0.0476. The number of nitrogens with two attached hydrogens (primary N) is 1. The van der Waals surface area contributed by atoms with Crippen molar-refractivity contribution >= 4 is 40.4 Å². The Hall–Kier alpha value is -4.20. The van der Waals surface area contributed by atoms with Gasteiger partial charge in [-0.1, -0.05) is 36.4 Å². The number of rotatable bonds is 6. The van der Waals surface area contributed by atoms with E-state index in [0.29, 0.717) is 17.0 Å². The van der Waals surface area contributed by atoms with Crippen molar-refractivity contribution in [3.05, 3.63) is 72.3 Å². The molecule has 0 radical (unpaired) electrons. The lowest BCUT2D eigenvalue weighted by molar-refractivity contribution is -0.136. The van der Waals surface area contributed by atoms with Crippen LogP contribution in [0, 0.1) is 0 Å². The number of primary amides is 1. The molecule has 0 heterocycles. The zero-order chi connectivity index (χ0) is 20.6. The van der Waals surface area contributed by atoms with E-state index in [0.717, 1.165) is 10.8 Å². The van der Waals surface area contributed by atoms with E-state index in [1.807, 2.05) is 30.3 Å². The number of ether oxygens (including phenoxy) is 1. The van der Waals surface area contributed by atoms with Crippen LogP contribution < -0.4 is 21.2 Å². The highest BCUT2D eigenvalue weighted by Crippen LogP contribution is 2.22. The molecule has 0 fully saturated rings. The Bertz CT molecular complexity index is 1070. The largest absolute Gasteiger partial charge is 0.484 e. The van der Waals surface area contributed by atoms with Crippen LogP contribution in [0.15, 0.2) is 71.8 Å². The number of benzene rings is 3.